The molecule has 7 nitrogen and oxygen atoms in total. The van der Waals surface area contributed by atoms with Gasteiger partial charge in [-0.2, -0.15) is 15.0 Å². The summed E-state index contributed by atoms with van der Waals surface area (Å²) >= 11 is 0. The molecule has 0 atom stereocenters. The van der Waals surface area contributed by atoms with Gasteiger partial charge < -0.3 is 5.32 Å². The fourth-order valence-corrected chi connectivity index (χ4v) is 3.48. The average Bonchev–Trinajstić information content (AvgIpc) is 3.17. The Morgan fingerprint density at radius 3 is 2.03 bits per heavy atom. The summed E-state index contributed by atoms with van der Waals surface area (Å²) in [6, 6.07) is 23.0. The maximum atomic E-state index is 13.5. The predicted molar refractivity (Wildman–Crippen MR) is 117 cm³/mol. The van der Waals surface area contributed by atoms with Gasteiger partial charge in [0.05, 0.1) is 12.1 Å². The second-order valence-electron chi connectivity index (χ2n) is 7.12. The lowest BCUT2D eigenvalue weighted by Crippen LogP contribution is -2.24. The number of aryl methyl sites for hydroxylation is 2. The molecule has 0 aliphatic carbocycles. The van der Waals surface area contributed by atoms with Crippen LogP contribution in [-0.4, -0.2) is 25.7 Å². The van der Waals surface area contributed by atoms with Crippen molar-refractivity contribution >= 4 is 11.7 Å². The molecule has 0 bridgehead atoms. The Morgan fingerprint density at radius 1 is 0.968 bits per heavy atom. The van der Waals surface area contributed by atoms with Crippen LogP contribution in [0.15, 0.2) is 72.9 Å². The van der Waals surface area contributed by atoms with Crippen molar-refractivity contribution < 1.29 is 4.79 Å². The van der Waals surface area contributed by atoms with E-state index in [-0.39, 0.29) is 17.3 Å². The maximum Gasteiger partial charge on any atom is 0.252 e. The Balaban J connectivity index is 1.76. The van der Waals surface area contributed by atoms with Crippen molar-refractivity contribution in [1.29, 1.82) is 5.26 Å². The lowest BCUT2D eigenvalue weighted by molar-refractivity contribution is -0.116. The number of anilines is 1. The summed E-state index contributed by atoms with van der Waals surface area (Å²) in [5.74, 6) is -0.294. The molecular formula is C24H20N6O. The number of benzene rings is 2. The Hall–Kier alpha value is -4.31. The van der Waals surface area contributed by atoms with Crippen LogP contribution in [0.2, 0.25) is 0 Å². The first-order valence-electron chi connectivity index (χ1n) is 9.78. The van der Waals surface area contributed by atoms with E-state index in [1.807, 2.05) is 80.6 Å². The largest absolute Gasteiger partial charge is 0.309 e. The number of nitriles is 1. The standard InChI is InChI=1S/C24H20N6O/c1-16-13-17(2)28-24(27-16)30-22(20(14-25)15-26-30)29-23(31)21(18-9-5-3-6-10-18)19-11-7-4-8-12-19/h3-13,15,21H,1-2H3,(H,29,31). The molecule has 1 N–H and O–H groups in total. The first-order chi connectivity index (χ1) is 15.1. The van der Waals surface area contributed by atoms with Gasteiger partial charge in [0.2, 0.25) is 5.91 Å². The zero-order valence-electron chi connectivity index (χ0n) is 17.1. The fraction of sp³-hybridized carbons (Fsp3) is 0.125. The molecule has 2 aromatic heterocycles. The first kappa shape index (κ1) is 20.0. The molecule has 1 amide bonds. The maximum absolute atomic E-state index is 13.5. The number of nitrogens with zero attached hydrogens (tertiary/aromatic N) is 5. The molecule has 7 heteroatoms. The van der Waals surface area contributed by atoms with Gasteiger partial charge in [-0.1, -0.05) is 60.7 Å². The normalized spacial score (nSPS) is 10.6. The van der Waals surface area contributed by atoms with Gasteiger partial charge in [-0.25, -0.2) is 9.97 Å². The summed E-state index contributed by atoms with van der Waals surface area (Å²) < 4.78 is 1.39. The summed E-state index contributed by atoms with van der Waals surface area (Å²) in [5.41, 5.74) is 3.45. The minimum absolute atomic E-state index is 0.232. The van der Waals surface area contributed by atoms with E-state index in [2.05, 4.69) is 26.5 Å². The third-order valence-corrected chi connectivity index (χ3v) is 4.82. The summed E-state index contributed by atoms with van der Waals surface area (Å²) in [4.78, 5) is 22.3. The van der Waals surface area contributed by atoms with Crippen LogP contribution in [0.3, 0.4) is 0 Å². The summed E-state index contributed by atoms with van der Waals surface area (Å²) in [5, 5.41) is 16.7. The number of rotatable bonds is 5. The zero-order chi connectivity index (χ0) is 21.8. The van der Waals surface area contributed by atoms with Crippen molar-refractivity contribution in [2.24, 2.45) is 0 Å². The Morgan fingerprint density at radius 2 is 1.52 bits per heavy atom. The van der Waals surface area contributed by atoms with Crippen molar-refractivity contribution in [2.75, 3.05) is 5.32 Å². The predicted octanol–water partition coefficient (Wildman–Crippen LogP) is 3.92. The molecule has 0 unspecified atom stereocenters. The topological polar surface area (TPSA) is 96.5 Å². The summed E-state index contributed by atoms with van der Waals surface area (Å²) in [6.07, 6.45) is 1.40. The van der Waals surface area contributed by atoms with Crippen molar-refractivity contribution in [3.63, 3.8) is 0 Å². The van der Waals surface area contributed by atoms with Gasteiger partial charge in [-0.15, -0.1) is 0 Å². The van der Waals surface area contributed by atoms with Crippen LogP contribution in [0.25, 0.3) is 5.95 Å². The first-order valence-corrected chi connectivity index (χ1v) is 9.78. The SMILES string of the molecule is Cc1cc(C)nc(-n2ncc(C#N)c2NC(=O)C(c2ccccc2)c2ccccc2)n1. The molecule has 4 aromatic rings. The minimum atomic E-state index is -0.558. The number of amides is 1. The Labute approximate surface area is 180 Å². The molecule has 2 heterocycles. The molecule has 0 spiro atoms. The van der Waals surface area contributed by atoms with Gasteiger partial charge in [-0.3, -0.25) is 4.79 Å². The number of carbonyl (C=O) groups is 1. The third-order valence-electron chi connectivity index (χ3n) is 4.82. The van der Waals surface area contributed by atoms with E-state index in [1.54, 1.807) is 0 Å². The minimum Gasteiger partial charge on any atom is -0.309 e. The highest BCUT2D eigenvalue weighted by molar-refractivity contribution is 5.98. The number of hydrogen-bond donors (Lipinski definition) is 1. The summed E-state index contributed by atoms with van der Waals surface area (Å²) in [7, 11) is 0. The van der Waals surface area contributed by atoms with E-state index in [0.29, 0.717) is 5.95 Å². The monoisotopic (exact) mass is 408 g/mol. The number of nitrogens with one attached hydrogen (secondary N) is 1. The van der Waals surface area contributed by atoms with E-state index in [1.165, 1.54) is 10.9 Å². The highest BCUT2D eigenvalue weighted by Gasteiger charge is 2.26. The number of carbonyl (C=O) groups excluding carboxylic acids is 1. The lowest BCUT2D eigenvalue weighted by Gasteiger charge is -2.18. The van der Waals surface area contributed by atoms with Crippen molar-refractivity contribution in [2.45, 2.75) is 19.8 Å². The molecule has 0 aliphatic rings. The second kappa shape index (κ2) is 8.59. The van der Waals surface area contributed by atoms with Crippen LogP contribution in [0, 0.1) is 25.2 Å². The Kier molecular flexibility index (Phi) is 5.54. The lowest BCUT2D eigenvalue weighted by atomic mass is 9.90. The van der Waals surface area contributed by atoms with Crippen LogP contribution < -0.4 is 5.32 Å². The highest BCUT2D eigenvalue weighted by atomic mass is 16.2. The molecule has 152 valence electrons. The van der Waals surface area contributed by atoms with Gasteiger partial charge in [0.15, 0.2) is 5.82 Å². The van der Waals surface area contributed by atoms with E-state index < -0.39 is 5.92 Å². The van der Waals surface area contributed by atoms with Gasteiger partial charge in [0.1, 0.15) is 11.6 Å². The van der Waals surface area contributed by atoms with Gasteiger partial charge >= 0.3 is 0 Å². The van der Waals surface area contributed by atoms with Crippen LogP contribution in [0.5, 0.6) is 0 Å². The smallest absolute Gasteiger partial charge is 0.252 e. The number of aromatic nitrogens is 4. The van der Waals surface area contributed by atoms with Crippen molar-refractivity contribution in [1.82, 2.24) is 19.7 Å². The molecule has 4 rings (SSSR count). The van der Waals surface area contributed by atoms with Crippen LogP contribution in [0.4, 0.5) is 5.82 Å². The highest BCUT2D eigenvalue weighted by Crippen LogP contribution is 2.27. The van der Waals surface area contributed by atoms with Crippen LogP contribution >= 0.6 is 0 Å². The van der Waals surface area contributed by atoms with Crippen molar-refractivity contribution in [3.05, 3.63) is 101 Å². The third kappa shape index (κ3) is 4.19. The van der Waals surface area contributed by atoms with Crippen molar-refractivity contribution in [3.8, 4) is 12.0 Å². The second-order valence-corrected chi connectivity index (χ2v) is 7.12. The summed E-state index contributed by atoms with van der Waals surface area (Å²) in [6.45, 7) is 3.71. The van der Waals surface area contributed by atoms with Crippen LogP contribution in [0.1, 0.15) is 34.0 Å². The van der Waals surface area contributed by atoms with Gasteiger partial charge in [0.25, 0.3) is 5.95 Å². The fourth-order valence-electron chi connectivity index (χ4n) is 3.48. The molecule has 0 aliphatic heterocycles. The van der Waals surface area contributed by atoms with E-state index in [9.17, 15) is 10.1 Å². The van der Waals surface area contributed by atoms with Crippen LogP contribution in [-0.2, 0) is 4.79 Å². The number of hydrogen-bond acceptors (Lipinski definition) is 5. The van der Waals surface area contributed by atoms with Gasteiger partial charge in [0, 0.05) is 11.4 Å². The molecule has 0 saturated carbocycles. The van der Waals surface area contributed by atoms with E-state index in [4.69, 9.17) is 0 Å². The molecular weight excluding hydrogens is 388 g/mol. The molecule has 0 radical (unpaired) electrons. The Bertz CT molecular complexity index is 1200. The average molecular weight is 408 g/mol. The molecule has 31 heavy (non-hydrogen) atoms. The van der Waals surface area contributed by atoms with E-state index >= 15 is 0 Å². The molecule has 0 saturated heterocycles. The zero-order valence-corrected chi connectivity index (χ0v) is 17.1. The van der Waals surface area contributed by atoms with E-state index in [0.717, 1.165) is 22.5 Å². The quantitative estimate of drug-likeness (QED) is 0.540. The molecule has 0 fully saturated rings. The van der Waals surface area contributed by atoms with Gasteiger partial charge in [-0.05, 0) is 31.0 Å². The molecule has 2 aromatic carbocycles.